The van der Waals surface area contributed by atoms with Crippen molar-refractivity contribution < 1.29 is 19.1 Å². The molecule has 0 saturated carbocycles. The molecule has 0 bridgehead atoms. The molecule has 0 radical (unpaired) electrons. The molecular formula is C19H22N4O4. The van der Waals surface area contributed by atoms with E-state index in [1.165, 1.54) is 5.56 Å². The minimum Gasteiger partial charge on any atom is -0.491 e. The summed E-state index contributed by atoms with van der Waals surface area (Å²) in [5.74, 6) is 0.360. The second kappa shape index (κ2) is 7.53. The zero-order valence-corrected chi connectivity index (χ0v) is 15.1. The minimum atomic E-state index is -0.563. The van der Waals surface area contributed by atoms with E-state index >= 15 is 0 Å². The fourth-order valence-electron chi connectivity index (χ4n) is 2.98. The van der Waals surface area contributed by atoms with Crippen molar-refractivity contribution in [1.29, 1.82) is 0 Å². The number of hydrogen-bond donors (Lipinski definition) is 4. The van der Waals surface area contributed by atoms with Crippen molar-refractivity contribution in [2.75, 3.05) is 6.61 Å². The van der Waals surface area contributed by atoms with Gasteiger partial charge < -0.3 is 26.4 Å². The van der Waals surface area contributed by atoms with Crippen LogP contribution in [0.1, 0.15) is 24.5 Å². The van der Waals surface area contributed by atoms with Gasteiger partial charge in [-0.15, -0.1) is 0 Å². The molecule has 8 nitrogen and oxygen atoms in total. The fourth-order valence-corrected chi connectivity index (χ4v) is 2.98. The molecule has 0 fully saturated rings. The highest BCUT2D eigenvalue weighted by Crippen LogP contribution is 2.24. The topological polar surface area (TPSA) is 123 Å². The lowest BCUT2D eigenvalue weighted by Gasteiger charge is -2.22. The van der Waals surface area contributed by atoms with Crippen LogP contribution in [0.4, 0.5) is 4.79 Å². The van der Waals surface area contributed by atoms with Crippen molar-refractivity contribution in [3.05, 3.63) is 53.0 Å². The van der Waals surface area contributed by atoms with Gasteiger partial charge in [0, 0.05) is 12.8 Å². The van der Waals surface area contributed by atoms with Crippen LogP contribution >= 0.6 is 0 Å². The molecule has 1 aromatic carbocycles. The Labute approximate surface area is 156 Å². The van der Waals surface area contributed by atoms with E-state index in [1.54, 1.807) is 6.92 Å². The molecule has 142 valence electrons. The lowest BCUT2D eigenvalue weighted by Crippen LogP contribution is -2.49. The predicted octanol–water partition coefficient (Wildman–Crippen LogP) is 0.625. The molecule has 0 unspecified atom stereocenters. The standard InChI is InChI=1S/C19H22N4O4/c1-10(21-18(25)17-16(20)11(2)22-19(26)23-17)9-27-15-6-4-12-3-5-14(24)7-13(12)8-15/h4,6,8,10H,2-3,5,7,9,20H2,1H3,(H,21,25)(H2,22,23,26)/t10-/m1/s1. The van der Waals surface area contributed by atoms with Crippen molar-refractivity contribution in [3.63, 3.8) is 0 Å². The van der Waals surface area contributed by atoms with Crippen LogP contribution in [-0.4, -0.2) is 30.4 Å². The van der Waals surface area contributed by atoms with Crippen molar-refractivity contribution >= 4 is 17.7 Å². The molecule has 27 heavy (non-hydrogen) atoms. The first-order valence-corrected chi connectivity index (χ1v) is 8.67. The number of hydrogen-bond acceptors (Lipinski definition) is 5. The van der Waals surface area contributed by atoms with Gasteiger partial charge in [-0.3, -0.25) is 9.59 Å². The SMILES string of the molecule is C=C1NC(=O)NC(C(=O)N[C@H](C)COc2ccc3c(c2)CC(=O)CC3)=C1N. The Morgan fingerprint density at radius 3 is 2.85 bits per heavy atom. The summed E-state index contributed by atoms with van der Waals surface area (Å²) in [7, 11) is 0. The fraction of sp³-hybridized carbons (Fsp3) is 0.316. The van der Waals surface area contributed by atoms with E-state index in [9.17, 15) is 14.4 Å². The third-order valence-corrected chi connectivity index (χ3v) is 4.44. The van der Waals surface area contributed by atoms with E-state index in [0.717, 1.165) is 12.0 Å². The zero-order chi connectivity index (χ0) is 19.6. The first-order valence-electron chi connectivity index (χ1n) is 8.67. The van der Waals surface area contributed by atoms with Crippen molar-refractivity contribution in [2.24, 2.45) is 5.73 Å². The monoisotopic (exact) mass is 370 g/mol. The summed E-state index contributed by atoms with van der Waals surface area (Å²) in [6.07, 6.45) is 1.79. The number of benzene rings is 1. The third-order valence-electron chi connectivity index (χ3n) is 4.44. The summed E-state index contributed by atoms with van der Waals surface area (Å²) >= 11 is 0. The number of carbonyl (C=O) groups is 3. The summed E-state index contributed by atoms with van der Waals surface area (Å²) in [5, 5.41) is 7.48. The Balaban J connectivity index is 1.58. The van der Waals surface area contributed by atoms with E-state index < -0.39 is 11.9 Å². The van der Waals surface area contributed by atoms with Gasteiger partial charge in [0.25, 0.3) is 5.91 Å². The van der Waals surface area contributed by atoms with Gasteiger partial charge in [0.1, 0.15) is 23.8 Å². The number of nitrogens with two attached hydrogens (primary N) is 1. The summed E-state index contributed by atoms with van der Waals surface area (Å²) in [5.41, 5.74) is 8.18. The lowest BCUT2D eigenvalue weighted by atomic mass is 9.91. The minimum absolute atomic E-state index is 0.0390. The number of Topliss-reactive ketones (excluding diaryl/α,β-unsaturated/α-hetero) is 1. The van der Waals surface area contributed by atoms with Crippen LogP contribution in [-0.2, 0) is 22.4 Å². The highest BCUT2D eigenvalue weighted by molar-refractivity contribution is 6.00. The maximum Gasteiger partial charge on any atom is 0.323 e. The van der Waals surface area contributed by atoms with Crippen LogP contribution in [0.25, 0.3) is 0 Å². The molecule has 8 heteroatoms. The highest BCUT2D eigenvalue weighted by atomic mass is 16.5. The predicted molar refractivity (Wildman–Crippen MR) is 98.6 cm³/mol. The Bertz CT molecular complexity index is 859. The van der Waals surface area contributed by atoms with Gasteiger partial charge in [-0.05, 0) is 36.6 Å². The van der Waals surface area contributed by atoms with Gasteiger partial charge in [-0.1, -0.05) is 12.6 Å². The molecule has 2 aliphatic rings. The van der Waals surface area contributed by atoms with Crippen LogP contribution in [0.3, 0.4) is 0 Å². The van der Waals surface area contributed by atoms with E-state index in [1.807, 2.05) is 18.2 Å². The molecule has 0 aromatic heterocycles. The quantitative estimate of drug-likeness (QED) is 0.605. The zero-order valence-electron chi connectivity index (χ0n) is 15.1. The number of nitrogens with one attached hydrogen (secondary N) is 3. The van der Waals surface area contributed by atoms with Gasteiger partial charge in [0.15, 0.2) is 0 Å². The third kappa shape index (κ3) is 4.28. The molecular weight excluding hydrogens is 348 g/mol. The van der Waals surface area contributed by atoms with Gasteiger partial charge in [0.2, 0.25) is 0 Å². The van der Waals surface area contributed by atoms with Crippen LogP contribution in [0, 0.1) is 0 Å². The Kier molecular flexibility index (Phi) is 5.16. The molecule has 1 aliphatic heterocycles. The Morgan fingerprint density at radius 1 is 1.30 bits per heavy atom. The smallest absolute Gasteiger partial charge is 0.323 e. The second-order valence-corrected chi connectivity index (χ2v) is 6.68. The molecule has 1 atom stereocenters. The highest BCUT2D eigenvalue weighted by Gasteiger charge is 2.24. The number of carbonyl (C=O) groups excluding carboxylic acids is 3. The van der Waals surface area contributed by atoms with Crippen molar-refractivity contribution in [3.8, 4) is 5.75 Å². The van der Waals surface area contributed by atoms with Crippen LogP contribution in [0.5, 0.6) is 5.75 Å². The van der Waals surface area contributed by atoms with E-state index in [2.05, 4.69) is 22.5 Å². The maximum absolute atomic E-state index is 12.3. The summed E-state index contributed by atoms with van der Waals surface area (Å²) in [6, 6.07) is 4.81. The first kappa shape index (κ1) is 18.5. The number of amides is 3. The number of rotatable bonds is 5. The number of aryl methyl sites for hydroxylation is 1. The average molecular weight is 370 g/mol. The molecule has 3 rings (SSSR count). The normalized spacial score (nSPS) is 17.6. The molecule has 1 aliphatic carbocycles. The Morgan fingerprint density at radius 2 is 2.07 bits per heavy atom. The van der Waals surface area contributed by atoms with Gasteiger partial charge in [0.05, 0.1) is 17.4 Å². The van der Waals surface area contributed by atoms with Gasteiger partial charge in [-0.25, -0.2) is 4.79 Å². The molecule has 1 aromatic rings. The van der Waals surface area contributed by atoms with Gasteiger partial charge in [-0.2, -0.15) is 0 Å². The van der Waals surface area contributed by atoms with Gasteiger partial charge >= 0.3 is 6.03 Å². The number of ketones is 1. The van der Waals surface area contributed by atoms with E-state index in [0.29, 0.717) is 18.6 Å². The lowest BCUT2D eigenvalue weighted by molar-refractivity contribution is -0.119. The molecule has 1 heterocycles. The number of ether oxygens (including phenoxy) is 1. The average Bonchev–Trinajstić information content (AvgIpc) is 2.62. The molecule has 0 saturated heterocycles. The second-order valence-electron chi connectivity index (χ2n) is 6.68. The van der Waals surface area contributed by atoms with E-state index in [-0.39, 0.29) is 35.5 Å². The largest absolute Gasteiger partial charge is 0.491 e. The number of urea groups is 1. The Hall–Kier alpha value is -3.29. The summed E-state index contributed by atoms with van der Waals surface area (Å²) < 4.78 is 5.74. The van der Waals surface area contributed by atoms with Crippen LogP contribution in [0.2, 0.25) is 0 Å². The van der Waals surface area contributed by atoms with Crippen LogP contribution < -0.4 is 26.4 Å². The number of fused-ring (bicyclic) bond motifs is 1. The van der Waals surface area contributed by atoms with E-state index in [4.69, 9.17) is 10.5 Å². The first-order chi connectivity index (χ1) is 12.8. The summed E-state index contributed by atoms with van der Waals surface area (Å²) in [6.45, 7) is 5.58. The molecule has 5 N–H and O–H groups in total. The molecule has 0 spiro atoms. The van der Waals surface area contributed by atoms with Crippen molar-refractivity contribution in [1.82, 2.24) is 16.0 Å². The summed E-state index contributed by atoms with van der Waals surface area (Å²) in [4.78, 5) is 35.4. The molecule has 3 amide bonds. The van der Waals surface area contributed by atoms with Crippen molar-refractivity contribution in [2.45, 2.75) is 32.2 Å². The van der Waals surface area contributed by atoms with Crippen LogP contribution in [0.15, 0.2) is 41.9 Å². The maximum atomic E-state index is 12.3.